The molecule has 1 aliphatic heterocycles. The van der Waals surface area contributed by atoms with Crippen LogP contribution in [-0.4, -0.2) is 48.9 Å². The van der Waals surface area contributed by atoms with Gasteiger partial charge in [0.25, 0.3) is 0 Å². The molecule has 0 unspecified atom stereocenters. The van der Waals surface area contributed by atoms with Crippen molar-refractivity contribution in [1.29, 1.82) is 0 Å². The summed E-state index contributed by atoms with van der Waals surface area (Å²) in [4.78, 5) is 29.9. The fourth-order valence-corrected chi connectivity index (χ4v) is 3.91. The Morgan fingerprint density at radius 3 is 2.19 bits per heavy atom. The van der Waals surface area contributed by atoms with E-state index in [1.54, 1.807) is 13.8 Å². The fraction of sp³-hybridized carbons (Fsp3) is 0.619. The molecule has 1 aromatic carbocycles. The number of benzene rings is 1. The molecular weight excluding hydrogens is 326 g/mol. The van der Waals surface area contributed by atoms with Crippen LogP contribution < -0.4 is 10.2 Å². The lowest BCUT2D eigenvalue weighted by atomic mass is 9.88. The van der Waals surface area contributed by atoms with Crippen molar-refractivity contribution < 1.29 is 9.59 Å². The van der Waals surface area contributed by atoms with Gasteiger partial charge < -0.3 is 15.1 Å². The SMILES string of the molecule is CC(C)(C(=O)NC1CCCCC1)C(=O)N1CCN(c2ccccc2)CC1. The lowest BCUT2D eigenvalue weighted by Gasteiger charge is -2.39. The molecule has 26 heavy (non-hydrogen) atoms. The van der Waals surface area contributed by atoms with E-state index >= 15 is 0 Å². The maximum atomic E-state index is 13.0. The monoisotopic (exact) mass is 357 g/mol. The second-order valence-corrected chi connectivity index (χ2v) is 8.05. The Kier molecular flexibility index (Phi) is 5.84. The molecule has 0 atom stereocenters. The van der Waals surface area contributed by atoms with Gasteiger partial charge in [-0.05, 0) is 38.8 Å². The van der Waals surface area contributed by atoms with Gasteiger partial charge in [-0.3, -0.25) is 9.59 Å². The average molecular weight is 357 g/mol. The molecule has 1 saturated carbocycles. The second-order valence-electron chi connectivity index (χ2n) is 8.05. The van der Waals surface area contributed by atoms with Gasteiger partial charge in [-0.15, -0.1) is 0 Å². The molecule has 142 valence electrons. The largest absolute Gasteiger partial charge is 0.368 e. The van der Waals surface area contributed by atoms with Gasteiger partial charge in [0.05, 0.1) is 0 Å². The van der Waals surface area contributed by atoms with E-state index in [-0.39, 0.29) is 17.9 Å². The molecular formula is C21H31N3O2. The number of rotatable bonds is 4. The van der Waals surface area contributed by atoms with Crippen molar-refractivity contribution in [2.75, 3.05) is 31.1 Å². The summed E-state index contributed by atoms with van der Waals surface area (Å²) in [6, 6.07) is 10.5. The van der Waals surface area contributed by atoms with Gasteiger partial charge in [0.15, 0.2) is 0 Å². The first-order valence-corrected chi connectivity index (χ1v) is 9.89. The molecule has 5 heteroatoms. The first-order chi connectivity index (χ1) is 12.5. The lowest BCUT2D eigenvalue weighted by Crippen LogP contribution is -2.56. The predicted octanol–water partition coefficient (Wildman–Crippen LogP) is 2.81. The number of amides is 2. The van der Waals surface area contributed by atoms with Gasteiger partial charge in [0.1, 0.15) is 5.41 Å². The number of anilines is 1. The summed E-state index contributed by atoms with van der Waals surface area (Å²) in [6.45, 7) is 6.45. The highest BCUT2D eigenvalue weighted by Gasteiger charge is 2.40. The Labute approximate surface area is 156 Å². The quantitative estimate of drug-likeness (QED) is 0.843. The van der Waals surface area contributed by atoms with Crippen molar-refractivity contribution in [2.45, 2.75) is 52.0 Å². The minimum absolute atomic E-state index is 0.0569. The highest BCUT2D eigenvalue weighted by Crippen LogP contribution is 2.24. The van der Waals surface area contributed by atoms with Crippen molar-refractivity contribution >= 4 is 17.5 Å². The molecule has 0 radical (unpaired) electrons. The number of hydrogen-bond donors (Lipinski definition) is 1. The van der Waals surface area contributed by atoms with E-state index in [9.17, 15) is 9.59 Å². The van der Waals surface area contributed by atoms with Crippen LogP contribution in [0.5, 0.6) is 0 Å². The molecule has 1 heterocycles. The maximum absolute atomic E-state index is 13.0. The van der Waals surface area contributed by atoms with Crippen LogP contribution in [0.1, 0.15) is 46.0 Å². The van der Waals surface area contributed by atoms with Gasteiger partial charge in [-0.2, -0.15) is 0 Å². The van der Waals surface area contributed by atoms with E-state index in [0.29, 0.717) is 13.1 Å². The Morgan fingerprint density at radius 1 is 0.962 bits per heavy atom. The number of nitrogens with zero attached hydrogens (tertiary/aromatic N) is 2. The zero-order chi connectivity index (χ0) is 18.6. The number of carbonyl (C=O) groups excluding carboxylic acids is 2. The molecule has 1 aromatic rings. The van der Waals surface area contributed by atoms with Crippen LogP contribution in [0.15, 0.2) is 30.3 Å². The Bertz CT molecular complexity index is 615. The number of hydrogen-bond acceptors (Lipinski definition) is 3. The van der Waals surface area contributed by atoms with Crippen LogP contribution in [0.2, 0.25) is 0 Å². The Morgan fingerprint density at radius 2 is 1.58 bits per heavy atom. The molecule has 0 aromatic heterocycles. The zero-order valence-corrected chi connectivity index (χ0v) is 16.0. The van der Waals surface area contributed by atoms with Crippen molar-refractivity contribution in [2.24, 2.45) is 5.41 Å². The fourth-order valence-electron chi connectivity index (χ4n) is 3.91. The molecule has 0 bridgehead atoms. The third kappa shape index (κ3) is 4.19. The normalized spacial score (nSPS) is 19.3. The standard InChI is InChI=1S/C21H31N3O2/c1-21(2,19(25)22-17-9-5-3-6-10-17)20(26)24-15-13-23(14-16-24)18-11-7-4-8-12-18/h4,7-8,11-12,17H,3,5-6,9-10,13-16H2,1-2H3,(H,22,25). The van der Waals surface area contributed by atoms with Crippen molar-refractivity contribution in [3.05, 3.63) is 30.3 Å². The second kappa shape index (κ2) is 8.11. The zero-order valence-electron chi connectivity index (χ0n) is 16.0. The minimum Gasteiger partial charge on any atom is -0.368 e. The number of carbonyl (C=O) groups is 2. The van der Waals surface area contributed by atoms with Crippen molar-refractivity contribution in [3.8, 4) is 0 Å². The van der Waals surface area contributed by atoms with E-state index in [1.807, 2.05) is 23.1 Å². The number of nitrogens with one attached hydrogen (secondary N) is 1. The highest BCUT2D eigenvalue weighted by atomic mass is 16.2. The van der Waals surface area contributed by atoms with Crippen LogP contribution in [0.3, 0.4) is 0 Å². The first-order valence-electron chi connectivity index (χ1n) is 9.89. The molecule has 1 N–H and O–H groups in total. The maximum Gasteiger partial charge on any atom is 0.237 e. The molecule has 3 rings (SSSR count). The van der Waals surface area contributed by atoms with E-state index in [0.717, 1.165) is 25.9 Å². The van der Waals surface area contributed by atoms with Crippen molar-refractivity contribution in [3.63, 3.8) is 0 Å². The van der Waals surface area contributed by atoms with E-state index in [1.165, 1.54) is 24.9 Å². The first kappa shape index (κ1) is 18.7. The molecule has 5 nitrogen and oxygen atoms in total. The van der Waals surface area contributed by atoms with Crippen LogP contribution >= 0.6 is 0 Å². The topological polar surface area (TPSA) is 52.7 Å². The van der Waals surface area contributed by atoms with Gasteiger partial charge >= 0.3 is 0 Å². The number of para-hydroxylation sites is 1. The predicted molar refractivity (Wildman–Crippen MR) is 104 cm³/mol. The molecule has 2 fully saturated rings. The van der Waals surface area contributed by atoms with E-state index < -0.39 is 5.41 Å². The summed E-state index contributed by atoms with van der Waals surface area (Å²) in [5.74, 6) is -0.182. The lowest BCUT2D eigenvalue weighted by molar-refractivity contribution is -0.149. The Hall–Kier alpha value is -2.04. The third-order valence-electron chi connectivity index (χ3n) is 5.73. The summed E-state index contributed by atoms with van der Waals surface area (Å²) in [5, 5.41) is 3.12. The molecule has 2 amide bonds. The van der Waals surface area contributed by atoms with E-state index in [4.69, 9.17) is 0 Å². The summed E-state index contributed by atoms with van der Waals surface area (Å²) < 4.78 is 0. The van der Waals surface area contributed by atoms with Gasteiger partial charge in [0, 0.05) is 37.9 Å². The van der Waals surface area contributed by atoms with Gasteiger partial charge in [-0.1, -0.05) is 37.5 Å². The van der Waals surface area contributed by atoms with E-state index in [2.05, 4.69) is 22.3 Å². The number of piperazine rings is 1. The smallest absolute Gasteiger partial charge is 0.237 e. The van der Waals surface area contributed by atoms with Crippen LogP contribution in [0.4, 0.5) is 5.69 Å². The Balaban J connectivity index is 1.55. The molecule has 1 saturated heterocycles. The van der Waals surface area contributed by atoms with Crippen LogP contribution in [-0.2, 0) is 9.59 Å². The van der Waals surface area contributed by atoms with Crippen LogP contribution in [0.25, 0.3) is 0 Å². The summed E-state index contributed by atoms with van der Waals surface area (Å²) in [6.07, 6.45) is 5.65. The summed E-state index contributed by atoms with van der Waals surface area (Å²) in [7, 11) is 0. The summed E-state index contributed by atoms with van der Waals surface area (Å²) in [5.41, 5.74) is 0.181. The van der Waals surface area contributed by atoms with Gasteiger partial charge in [-0.25, -0.2) is 0 Å². The van der Waals surface area contributed by atoms with Gasteiger partial charge in [0.2, 0.25) is 11.8 Å². The van der Waals surface area contributed by atoms with Crippen molar-refractivity contribution in [1.82, 2.24) is 10.2 Å². The molecule has 0 spiro atoms. The average Bonchev–Trinajstić information content (AvgIpc) is 2.69. The third-order valence-corrected chi connectivity index (χ3v) is 5.73. The summed E-state index contributed by atoms with van der Waals surface area (Å²) >= 11 is 0. The van der Waals surface area contributed by atoms with Crippen LogP contribution in [0, 0.1) is 5.41 Å². The molecule has 2 aliphatic rings. The highest BCUT2D eigenvalue weighted by molar-refractivity contribution is 6.04. The molecule has 1 aliphatic carbocycles. The minimum atomic E-state index is -1.01.